The van der Waals surface area contributed by atoms with E-state index in [2.05, 4.69) is 4.99 Å². The number of amides is 1. The molecule has 0 unspecified atom stereocenters. The summed E-state index contributed by atoms with van der Waals surface area (Å²) in [5.74, 6) is -1.49. The zero-order valence-corrected chi connectivity index (χ0v) is 21.3. The predicted molar refractivity (Wildman–Crippen MR) is 140 cm³/mol. The maximum absolute atomic E-state index is 13.6. The lowest BCUT2D eigenvalue weighted by atomic mass is 10.1. The number of hydrogen-bond acceptors (Lipinski definition) is 8. The number of nitrogens with zero attached hydrogens (tertiary/aromatic N) is 5. The zero-order valence-electron chi connectivity index (χ0n) is 21.3. The first-order valence-electron chi connectivity index (χ1n) is 12.5. The van der Waals surface area contributed by atoms with Gasteiger partial charge in [-0.3, -0.25) is 24.1 Å². The van der Waals surface area contributed by atoms with E-state index >= 15 is 0 Å². The number of esters is 1. The van der Waals surface area contributed by atoms with Crippen molar-refractivity contribution in [3.05, 3.63) is 91.3 Å². The topological polar surface area (TPSA) is 147 Å². The number of benzene rings is 1. The van der Waals surface area contributed by atoms with Gasteiger partial charge in [0.05, 0.1) is 29.6 Å². The number of nitro benzene ring substituents is 1. The Bertz CT molecular complexity index is 1750. The molecule has 1 aliphatic rings. The van der Waals surface area contributed by atoms with E-state index in [9.17, 15) is 24.5 Å². The number of ether oxygens (including phenoxy) is 2. The highest BCUT2D eigenvalue weighted by Gasteiger charge is 2.24. The van der Waals surface area contributed by atoms with Crippen molar-refractivity contribution in [2.45, 2.75) is 39.3 Å². The number of fused-ring (bicyclic) bond motifs is 2. The van der Waals surface area contributed by atoms with Gasteiger partial charge < -0.3 is 14.0 Å². The maximum Gasteiger partial charge on any atom is 0.341 e. The normalized spacial score (nSPS) is 15.6. The molecule has 200 valence electrons. The molecular formula is C27H25N5O7. The number of rotatable bonds is 6. The van der Waals surface area contributed by atoms with E-state index in [1.807, 2.05) is 13.0 Å². The molecular weight excluding hydrogens is 506 g/mol. The second-order valence-electron chi connectivity index (χ2n) is 9.11. The molecule has 1 amide bonds. The van der Waals surface area contributed by atoms with Crippen LogP contribution in [0.15, 0.2) is 58.4 Å². The summed E-state index contributed by atoms with van der Waals surface area (Å²) < 4.78 is 14.1. The fourth-order valence-electron chi connectivity index (χ4n) is 4.62. The summed E-state index contributed by atoms with van der Waals surface area (Å²) in [6.07, 6.45) is 2.92. The van der Waals surface area contributed by atoms with Crippen molar-refractivity contribution in [3.8, 4) is 0 Å². The van der Waals surface area contributed by atoms with Crippen molar-refractivity contribution < 1.29 is 24.0 Å². The lowest BCUT2D eigenvalue weighted by Gasteiger charge is -2.18. The van der Waals surface area contributed by atoms with Crippen molar-refractivity contribution in [1.82, 2.24) is 14.0 Å². The third-order valence-electron chi connectivity index (χ3n) is 6.54. The number of nitro groups is 1. The van der Waals surface area contributed by atoms with Gasteiger partial charge in [0.1, 0.15) is 16.9 Å². The van der Waals surface area contributed by atoms with Crippen molar-refractivity contribution in [1.29, 1.82) is 0 Å². The highest BCUT2D eigenvalue weighted by molar-refractivity contribution is 5.97. The van der Waals surface area contributed by atoms with Crippen LogP contribution in [0, 0.1) is 17.0 Å². The van der Waals surface area contributed by atoms with Crippen LogP contribution in [0.2, 0.25) is 0 Å². The van der Waals surface area contributed by atoms with Crippen molar-refractivity contribution in [2.75, 3.05) is 13.2 Å². The fraction of sp³-hybridized carbons (Fsp3) is 0.296. The smallest absolute Gasteiger partial charge is 0.341 e. The van der Waals surface area contributed by atoms with Crippen LogP contribution in [0.5, 0.6) is 0 Å². The van der Waals surface area contributed by atoms with Gasteiger partial charge in [-0.1, -0.05) is 6.07 Å². The van der Waals surface area contributed by atoms with Crippen molar-refractivity contribution >= 4 is 34.2 Å². The number of carbonyl (C=O) groups excluding carboxylic acids is 2. The molecule has 1 fully saturated rings. The SMILES string of the molecule is CCOC(=O)c1cc2c(=O)n3cccc(C)c3nc2n(C[C@H]2CCCO2)c1=NC(=O)c1ccc([N+](=O)[O-])cc1. The van der Waals surface area contributed by atoms with Crippen molar-refractivity contribution in [3.63, 3.8) is 0 Å². The van der Waals surface area contributed by atoms with Gasteiger partial charge in [0.25, 0.3) is 17.2 Å². The van der Waals surface area contributed by atoms with E-state index in [1.54, 1.807) is 23.8 Å². The van der Waals surface area contributed by atoms with Crippen molar-refractivity contribution in [2.24, 2.45) is 4.99 Å². The summed E-state index contributed by atoms with van der Waals surface area (Å²) in [4.78, 5) is 59.5. The molecule has 12 heteroatoms. The molecule has 1 saturated heterocycles. The van der Waals surface area contributed by atoms with Crippen LogP contribution < -0.4 is 11.0 Å². The number of non-ortho nitro benzene ring substituents is 1. The predicted octanol–water partition coefficient (Wildman–Crippen LogP) is 2.96. The lowest BCUT2D eigenvalue weighted by molar-refractivity contribution is -0.384. The van der Waals surface area contributed by atoms with Gasteiger partial charge in [0.2, 0.25) is 0 Å². The van der Waals surface area contributed by atoms with Gasteiger partial charge in [-0.25, -0.2) is 9.78 Å². The largest absolute Gasteiger partial charge is 0.462 e. The van der Waals surface area contributed by atoms with E-state index < -0.39 is 22.4 Å². The molecule has 12 nitrogen and oxygen atoms in total. The molecule has 1 aliphatic heterocycles. The Balaban J connectivity index is 1.83. The van der Waals surface area contributed by atoms with Gasteiger partial charge >= 0.3 is 5.97 Å². The quantitative estimate of drug-likeness (QED) is 0.160. The van der Waals surface area contributed by atoms with E-state index in [-0.39, 0.29) is 52.6 Å². The van der Waals surface area contributed by atoms with Crippen LogP contribution in [-0.4, -0.2) is 50.1 Å². The molecule has 5 rings (SSSR count). The second-order valence-corrected chi connectivity index (χ2v) is 9.11. The molecule has 0 spiro atoms. The van der Waals surface area contributed by atoms with E-state index in [1.165, 1.54) is 34.7 Å². The number of aromatic nitrogens is 3. The summed E-state index contributed by atoms with van der Waals surface area (Å²) in [5, 5.41) is 11.2. The molecule has 4 aromatic rings. The average Bonchev–Trinajstić information content (AvgIpc) is 3.44. The monoisotopic (exact) mass is 531 g/mol. The van der Waals surface area contributed by atoms with E-state index in [4.69, 9.17) is 14.5 Å². The summed E-state index contributed by atoms with van der Waals surface area (Å²) in [7, 11) is 0. The van der Waals surface area contributed by atoms with E-state index in [0.717, 1.165) is 18.4 Å². The molecule has 4 heterocycles. The van der Waals surface area contributed by atoms with Crippen LogP contribution in [0.4, 0.5) is 5.69 Å². The van der Waals surface area contributed by atoms with Gasteiger partial charge in [-0.2, -0.15) is 4.99 Å². The Kier molecular flexibility index (Phi) is 7.03. The number of pyridine rings is 2. The molecule has 3 aromatic heterocycles. The summed E-state index contributed by atoms with van der Waals surface area (Å²) in [6, 6.07) is 9.90. The molecule has 0 aliphatic carbocycles. The minimum atomic E-state index is -0.760. The van der Waals surface area contributed by atoms with Gasteiger partial charge in [-0.15, -0.1) is 0 Å². The second kappa shape index (κ2) is 10.6. The van der Waals surface area contributed by atoms with Gasteiger partial charge in [0, 0.05) is 30.5 Å². The Morgan fingerprint density at radius 2 is 2.00 bits per heavy atom. The zero-order chi connectivity index (χ0) is 27.7. The first kappa shape index (κ1) is 25.9. The minimum absolute atomic E-state index is 0.0374. The van der Waals surface area contributed by atoms with Gasteiger partial charge in [0.15, 0.2) is 5.49 Å². The van der Waals surface area contributed by atoms with E-state index in [0.29, 0.717) is 12.3 Å². The fourth-order valence-corrected chi connectivity index (χ4v) is 4.62. The standard InChI is InChI=1S/C27H25N5O7/c1-3-38-27(35)21-14-20-23(28-22-16(2)6-4-12-30(22)26(20)34)31(15-19-7-5-13-39-19)24(21)29-25(33)17-8-10-18(11-9-17)32(36)37/h4,6,8-12,14,19H,3,5,7,13,15H2,1-2H3/t19-/m1/s1. The average molecular weight is 532 g/mol. The summed E-state index contributed by atoms with van der Waals surface area (Å²) in [5.41, 5.74) is 0.828. The third kappa shape index (κ3) is 4.93. The molecule has 0 saturated carbocycles. The van der Waals surface area contributed by atoms with Gasteiger partial charge in [-0.05, 0) is 56.5 Å². The molecule has 0 N–H and O–H groups in total. The minimum Gasteiger partial charge on any atom is -0.462 e. The maximum atomic E-state index is 13.6. The summed E-state index contributed by atoms with van der Waals surface area (Å²) in [6.45, 7) is 4.28. The first-order chi connectivity index (χ1) is 18.8. The Morgan fingerprint density at radius 1 is 1.23 bits per heavy atom. The van der Waals surface area contributed by atoms with Crippen LogP contribution in [0.3, 0.4) is 0 Å². The van der Waals surface area contributed by atoms with Crippen LogP contribution in [0.1, 0.15) is 46.0 Å². The molecule has 1 aromatic carbocycles. The number of aryl methyl sites for hydroxylation is 1. The molecule has 39 heavy (non-hydrogen) atoms. The number of carbonyl (C=O) groups is 2. The first-order valence-corrected chi connectivity index (χ1v) is 12.5. The number of hydrogen-bond donors (Lipinski definition) is 0. The highest BCUT2D eigenvalue weighted by Crippen LogP contribution is 2.19. The third-order valence-corrected chi connectivity index (χ3v) is 6.54. The molecule has 0 radical (unpaired) electrons. The lowest BCUT2D eigenvalue weighted by Crippen LogP contribution is -2.35. The van der Waals surface area contributed by atoms with Crippen LogP contribution >= 0.6 is 0 Å². The summed E-state index contributed by atoms with van der Waals surface area (Å²) >= 11 is 0. The molecule has 0 bridgehead atoms. The Labute approximate surface area is 221 Å². The Hall–Kier alpha value is -4.71. The highest BCUT2D eigenvalue weighted by atomic mass is 16.6. The van der Waals surface area contributed by atoms with Crippen LogP contribution in [-0.2, 0) is 16.0 Å². The Morgan fingerprint density at radius 3 is 2.67 bits per heavy atom. The van der Waals surface area contributed by atoms with Crippen LogP contribution in [0.25, 0.3) is 16.7 Å². The molecule has 1 atom stereocenters.